The number of benzene rings is 2. The Morgan fingerprint density at radius 2 is 1.23 bits per heavy atom. The smallest absolute Gasteiger partial charge is 0.258 e. The summed E-state index contributed by atoms with van der Waals surface area (Å²) in [6, 6.07) is 7.37. The van der Waals surface area contributed by atoms with Gasteiger partial charge in [0.1, 0.15) is 7.14 Å². The normalized spacial score (nSPS) is 10.5. The molecule has 0 aromatic heterocycles. The zero-order valence-corrected chi connectivity index (χ0v) is 17.4. The molecular weight excluding hydrogens is 629 g/mol. The van der Waals surface area contributed by atoms with Crippen LogP contribution in [0.3, 0.4) is 0 Å². The SMILES string of the molecule is Cc1ccc(-c2c(I)c([N+](=O)[O-])c(I)c([N+](=O)[O-])c2I)cc1. The molecule has 0 radical (unpaired) electrons. The largest absolute Gasteiger partial charge is 0.303 e. The molecule has 114 valence electrons. The molecule has 0 aliphatic carbocycles. The number of halogens is 3. The van der Waals surface area contributed by atoms with E-state index in [2.05, 4.69) is 0 Å². The summed E-state index contributed by atoms with van der Waals surface area (Å²) in [5.74, 6) is 0. The van der Waals surface area contributed by atoms with Crippen LogP contribution >= 0.6 is 67.8 Å². The summed E-state index contributed by atoms with van der Waals surface area (Å²) >= 11 is 5.44. The Kier molecular flexibility index (Phi) is 5.58. The fourth-order valence-corrected chi connectivity index (χ4v) is 6.51. The van der Waals surface area contributed by atoms with E-state index in [1.807, 2.05) is 76.4 Å². The van der Waals surface area contributed by atoms with Crippen molar-refractivity contribution in [2.45, 2.75) is 6.92 Å². The first-order valence-corrected chi connectivity index (χ1v) is 9.05. The van der Waals surface area contributed by atoms with Crippen molar-refractivity contribution in [3.8, 4) is 11.1 Å². The second kappa shape index (κ2) is 6.90. The van der Waals surface area contributed by atoms with Gasteiger partial charge in [-0.3, -0.25) is 20.2 Å². The fraction of sp³-hybridized carbons (Fsp3) is 0.0769. The monoisotopic (exact) mass is 636 g/mol. The van der Waals surface area contributed by atoms with Crippen molar-refractivity contribution in [2.75, 3.05) is 0 Å². The van der Waals surface area contributed by atoms with Crippen molar-refractivity contribution >= 4 is 79.1 Å². The number of nitro groups is 2. The molecule has 22 heavy (non-hydrogen) atoms. The summed E-state index contributed by atoms with van der Waals surface area (Å²) < 4.78 is 0.869. The number of nitro benzene ring substituents is 2. The van der Waals surface area contributed by atoms with E-state index in [-0.39, 0.29) is 14.9 Å². The van der Waals surface area contributed by atoms with Gasteiger partial charge in [-0.05, 0) is 80.3 Å². The van der Waals surface area contributed by atoms with Crippen molar-refractivity contribution in [2.24, 2.45) is 0 Å². The minimum atomic E-state index is -0.565. The summed E-state index contributed by atoms with van der Waals surface area (Å²) in [7, 11) is 0. The van der Waals surface area contributed by atoms with Gasteiger partial charge in [0.15, 0.2) is 3.57 Å². The van der Waals surface area contributed by atoms with Crippen molar-refractivity contribution in [3.05, 3.63) is 60.8 Å². The highest BCUT2D eigenvalue weighted by Gasteiger charge is 2.34. The van der Waals surface area contributed by atoms with Gasteiger partial charge in [-0.15, -0.1) is 0 Å². The topological polar surface area (TPSA) is 86.3 Å². The van der Waals surface area contributed by atoms with Crippen LogP contribution in [0.1, 0.15) is 5.56 Å². The van der Waals surface area contributed by atoms with Gasteiger partial charge in [0.2, 0.25) is 0 Å². The molecule has 0 unspecified atom stereocenters. The van der Waals surface area contributed by atoms with Crippen LogP contribution in [0.4, 0.5) is 11.4 Å². The molecule has 0 bridgehead atoms. The molecule has 2 aromatic rings. The van der Waals surface area contributed by atoms with Gasteiger partial charge in [-0.25, -0.2) is 0 Å². The van der Waals surface area contributed by atoms with Crippen LogP contribution < -0.4 is 0 Å². The average Bonchev–Trinajstić information content (AvgIpc) is 2.39. The van der Waals surface area contributed by atoms with Gasteiger partial charge in [0.05, 0.1) is 9.85 Å². The highest BCUT2D eigenvalue weighted by Crippen LogP contribution is 2.44. The molecule has 0 aliphatic rings. The first-order chi connectivity index (χ1) is 10.3. The highest BCUT2D eigenvalue weighted by atomic mass is 127. The van der Waals surface area contributed by atoms with E-state index in [1.165, 1.54) is 0 Å². The van der Waals surface area contributed by atoms with E-state index in [0.717, 1.165) is 11.1 Å². The molecule has 0 heterocycles. The van der Waals surface area contributed by atoms with Crippen LogP contribution in [0.5, 0.6) is 0 Å². The van der Waals surface area contributed by atoms with E-state index in [1.54, 1.807) is 22.6 Å². The van der Waals surface area contributed by atoms with Gasteiger partial charge in [-0.2, -0.15) is 0 Å². The van der Waals surface area contributed by atoms with Gasteiger partial charge >= 0.3 is 11.4 Å². The summed E-state index contributed by atoms with van der Waals surface area (Å²) in [5.41, 5.74) is 1.86. The molecule has 0 aliphatic heterocycles. The van der Waals surface area contributed by atoms with Crippen LogP contribution in [-0.2, 0) is 0 Å². The molecule has 0 amide bonds. The number of rotatable bonds is 3. The molecular formula is C13H7I3N2O4. The van der Waals surface area contributed by atoms with Crippen molar-refractivity contribution < 1.29 is 9.85 Å². The molecule has 0 saturated heterocycles. The van der Waals surface area contributed by atoms with Crippen LogP contribution in [-0.4, -0.2) is 9.85 Å². The van der Waals surface area contributed by atoms with Crippen LogP contribution in [0.2, 0.25) is 0 Å². The predicted molar refractivity (Wildman–Crippen MR) is 108 cm³/mol. The third-order valence-corrected chi connectivity index (χ3v) is 6.10. The van der Waals surface area contributed by atoms with Crippen molar-refractivity contribution in [1.29, 1.82) is 0 Å². The van der Waals surface area contributed by atoms with Gasteiger partial charge < -0.3 is 0 Å². The van der Waals surface area contributed by atoms with Gasteiger partial charge in [0, 0.05) is 5.56 Å². The van der Waals surface area contributed by atoms with E-state index in [0.29, 0.717) is 12.7 Å². The summed E-state index contributed by atoms with van der Waals surface area (Å²) in [6.45, 7) is 1.93. The van der Waals surface area contributed by atoms with Crippen molar-refractivity contribution in [1.82, 2.24) is 0 Å². The number of nitrogens with zero attached hydrogens (tertiary/aromatic N) is 2. The standard InChI is InChI=1S/C13H7I3N2O4/c1-6-2-4-7(5-3-6)8-9(14)12(17(19)20)11(16)13(10(8)15)18(21)22/h2-5H,1H3. The Balaban J connectivity index is 2.92. The third-order valence-electron chi connectivity index (χ3n) is 2.98. The Labute approximate surface area is 166 Å². The predicted octanol–water partition coefficient (Wildman–Crippen LogP) is 5.29. The summed E-state index contributed by atoms with van der Waals surface area (Å²) in [4.78, 5) is 21.5. The second-order valence-corrected chi connectivity index (χ2v) is 7.63. The lowest BCUT2D eigenvalue weighted by Gasteiger charge is -2.11. The van der Waals surface area contributed by atoms with E-state index in [4.69, 9.17) is 0 Å². The molecule has 0 spiro atoms. The molecule has 0 N–H and O–H groups in total. The molecule has 9 heteroatoms. The highest BCUT2D eigenvalue weighted by molar-refractivity contribution is 14.1. The minimum Gasteiger partial charge on any atom is -0.258 e. The van der Waals surface area contributed by atoms with E-state index in [9.17, 15) is 20.2 Å². The van der Waals surface area contributed by atoms with Crippen molar-refractivity contribution in [3.63, 3.8) is 0 Å². The van der Waals surface area contributed by atoms with Crippen LogP contribution in [0.15, 0.2) is 24.3 Å². The van der Waals surface area contributed by atoms with Crippen LogP contribution in [0.25, 0.3) is 11.1 Å². The lowest BCUT2D eigenvalue weighted by atomic mass is 10.0. The third kappa shape index (κ3) is 3.20. The maximum Gasteiger partial charge on any atom is 0.303 e. The number of aryl methyl sites for hydroxylation is 1. The first-order valence-electron chi connectivity index (χ1n) is 5.82. The summed E-state index contributed by atoms with van der Waals surface area (Å²) in [6.07, 6.45) is 0. The second-order valence-electron chi connectivity index (χ2n) is 4.39. The molecule has 6 nitrogen and oxygen atoms in total. The number of hydrogen-bond acceptors (Lipinski definition) is 4. The zero-order chi connectivity index (χ0) is 16.6. The number of hydrogen-bond donors (Lipinski definition) is 0. The lowest BCUT2D eigenvalue weighted by Crippen LogP contribution is -2.05. The Morgan fingerprint density at radius 3 is 1.59 bits per heavy atom. The average molecular weight is 636 g/mol. The van der Waals surface area contributed by atoms with E-state index >= 15 is 0 Å². The zero-order valence-electron chi connectivity index (χ0n) is 11.0. The molecule has 0 fully saturated rings. The molecule has 0 atom stereocenters. The molecule has 0 saturated carbocycles. The maximum atomic E-state index is 11.3. The Bertz CT molecular complexity index is 750. The van der Waals surface area contributed by atoms with Gasteiger partial charge in [0.25, 0.3) is 0 Å². The van der Waals surface area contributed by atoms with Crippen LogP contribution in [0, 0.1) is 37.9 Å². The fourth-order valence-electron chi connectivity index (χ4n) is 1.93. The molecule has 2 rings (SSSR count). The molecule has 2 aromatic carbocycles. The lowest BCUT2D eigenvalue weighted by molar-refractivity contribution is -0.397. The maximum absolute atomic E-state index is 11.3. The Hall–Kier alpha value is -0.570. The van der Waals surface area contributed by atoms with Gasteiger partial charge in [-0.1, -0.05) is 29.8 Å². The summed E-state index contributed by atoms with van der Waals surface area (Å²) in [5, 5.41) is 22.7. The van der Waals surface area contributed by atoms with E-state index < -0.39 is 9.85 Å². The minimum absolute atomic E-state index is 0.0530. The Morgan fingerprint density at radius 1 is 0.818 bits per heavy atom. The first kappa shape index (κ1) is 17.8. The quantitative estimate of drug-likeness (QED) is 0.261.